The normalized spacial score (nSPS) is 11.8. The summed E-state index contributed by atoms with van der Waals surface area (Å²) in [6.45, 7) is 11.1. The topological polar surface area (TPSA) is 3.88 Å². The molecule has 0 bridgehead atoms. The van der Waals surface area contributed by atoms with E-state index in [2.05, 4.69) is 58.4 Å². The van der Waals surface area contributed by atoms with Crippen LogP contribution in [0.15, 0.2) is 12.1 Å². The van der Waals surface area contributed by atoms with Crippen LogP contribution >= 0.6 is 0 Å². The number of hydrogen-bond acceptors (Lipinski definition) is 0. The zero-order valence-corrected chi connectivity index (χ0v) is 9.60. The Bertz CT molecular complexity index is 295. The molecule has 0 radical (unpaired) electrons. The van der Waals surface area contributed by atoms with E-state index in [1.807, 2.05) is 0 Å². The van der Waals surface area contributed by atoms with E-state index in [1.165, 1.54) is 17.0 Å². The van der Waals surface area contributed by atoms with E-state index in [1.54, 1.807) is 0 Å². The lowest BCUT2D eigenvalue weighted by Gasteiger charge is -2.19. The highest BCUT2D eigenvalue weighted by atomic mass is 14.9. The molecule has 1 aromatic heterocycles. The number of aryl methyl sites for hydroxylation is 2. The average Bonchev–Trinajstić information content (AvgIpc) is 1.97. The van der Waals surface area contributed by atoms with Crippen molar-refractivity contribution in [2.45, 2.75) is 40.0 Å². The third-order valence-electron chi connectivity index (χ3n) is 2.65. The summed E-state index contributed by atoms with van der Waals surface area (Å²) in [6.07, 6.45) is 0. The molecule has 1 rings (SSSR count). The number of nitrogens with zero attached hydrogens (tertiary/aromatic N) is 1. The maximum Gasteiger partial charge on any atom is 0.178 e. The van der Waals surface area contributed by atoms with E-state index in [0.717, 1.165) is 0 Å². The minimum Gasteiger partial charge on any atom is -0.203 e. The highest BCUT2D eigenvalue weighted by Crippen LogP contribution is 2.22. The molecule has 0 N–H and O–H groups in total. The van der Waals surface area contributed by atoms with Crippen LogP contribution < -0.4 is 4.57 Å². The summed E-state index contributed by atoms with van der Waals surface area (Å²) in [4.78, 5) is 0. The van der Waals surface area contributed by atoms with Gasteiger partial charge in [-0.25, -0.2) is 4.57 Å². The van der Waals surface area contributed by atoms with Crippen molar-refractivity contribution < 1.29 is 4.57 Å². The van der Waals surface area contributed by atoms with Gasteiger partial charge in [-0.05, 0) is 11.0 Å². The third kappa shape index (κ3) is 2.09. The summed E-state index contributed by atoms with van der Waals surface area (Å²) in [5, 5.41) is 0. The second-order valence-corrected chi connectivity index (χ2v) is 4.84. The van der Waals surface area contributed by atoms with Crippen LogP contribution in [0.5, 0.6) is 0 Å². The molecule has 0 amide bonds. The van der Waals surface area contributed by atoms with E-state index in [4.69, 9.17) is 0 Å². The molecule has 0 atom stereocenters. The first kappa shape index (κ1) is 10.2. The number of pyridine rings is 1. The van der Waals surface area contributed by atoms with Crippen molar-refractivity contribution in [1.29, 1.82) is 0 Å². The molecule has 0 saturated carbocycles. The Morgan fingerprint density at radius 2 is 1.38 bits per heavy atom. The zero-order chi connectivity index (χ0) is 10.2. The van der Waals surface area contributed by atoms with Crippen molar-refractivity contribution in [2.75, 3.05) is 0 Å². The molecule has 13 heavy (non-hydrogen) atoms. The number of hydrogen-bond donors (Lipinski definition) is 0. The van der Waals surface area contributed by atoms with Crippen LogP contribution in [0.3, 0.4) is 0 Å². The molecule has 1 nitrogen and oxygen atoms in total. The Hall–Kier alpha value is -0.850. The first-order chi connectivity index (χ1) is 5.82. The van der Waals surface area contributed by atoms with Gasteiger partial charge in [0.05, 0.1) is 0 Å². The molecule has 0 aliphatic rings. The van der Waals surface area contributed by atoms with Gasteiger partial charge < -0.3 is 0 Å². The van der Waals surface area contributed by atoms with Crippen LogP contribution in [-0.4, -0.2) is 0 Å². The van der Waals surface area contributed by atoms with E-state index in [9.17, 15) is 0 Å². The fourth-order valence-electron chi connectivity index (χ4n) is 1.40. The van der Waals surface area contributed by atoms with Gasteiger partial charge >= 0.3 is 0 Å². The number of rotatable bonds is 0. The van der Waals surface area contributed by atoms with Gasteiger partial charge in [-0.2, -0.15) is 0 Å². The lowest BCUT2D eigenvalue weighted by molar-refractivity contribution is -0.683. The van der Waals surface area contributed by atoms with Crippen LogP contribution in [0.25, 0.3) is 0 Å². The van der Waals surface area contributed by atoms with Crippen molar-refractivity contribution in [2.24, 2.45) is 7.05 Å². The second kappa shape index (κ2) is 3.13. The van der Waals surface area contributed by atoms with E-state index >= 15 is 0 Å². The molecule has 0 aliphatic heterocycles. The van der Waals surface area contributed by atoms with Gasteiger partial charge in [0.25, 0.3) is 0 Å². The monoisotopic (exact) mass is 178 g/mol. The van der Waals surface area contributed by atoms with Crippen molar-refractivity contribution in [3.05, 3.63) is 29.1 Å². The van der Waals surface area contributed by atoms with Gasteiger partial charge in [0.2, 0.25) is 0 Å². The molecule has 0 saturated heterocycles. The van der Waals surface area contributed by atoms with Crippen LogP contribution in [0, 0.1) is 13.8 Å². The van der Waals surface area contributed by atoms with Crippen molar-refractivity contribution in [3.8, 4) is 0 Å². The summed E-state index contributed by atoms with van der Waals surface area (Å²) in [7, 11) is 2.11. The molecule has 72 valence electrons. The number of aromatic nitrogens is 1. The smallest absolute Gasteiger partial charge is 0.178 e. The molecule has 0 aliphatic carbocycles. The Kier molecular flexibility index (Phi) is 2.47. The fraction of sp³-hybridized carbons (Fsp3) is 0.583. The molecular weight excluding hydrogens is 158 g/mol. The predicted molar refractivity (Wildman–Crippen MR) is 55.8 cm³/mol. The fourth-order valence-corrected chi connectivity index (χ4v) is 1.40. The lowest BCUT2D eigenvalue weighted by Crippen LogP contribution is -2.36. The van der Waals surface area contributed by atoms with E-state index in [0.29, 0.717) is 0 Å². The first-order valence-electron chi connectivity index (χ1n) is 4.80. The summed E-state index contributed by atoms with van der Waals surface area (Å²) < 4.78 is 2.22. The van der Waals surface area contributed by atoms with Gasteiger partial charge in [0.1, 0.15) is 7.05 Å². The van der Waals surface area contributed by atoms with Crippen LogP contribution in [0.2, 0.25) is 0 Å². The van der Waals surface area contributed by atoms with Crippen molar-refractivity contribution in [1.82, 2.24) is 0 Å². The molecule has 0 spiro atoms. The van der Waals surface area contributed by atoms with Crippen LogP contribution in [-0.2, 0) is 12.5 Å². The maximum atomic E-state index is 2.27. The van der Waals surface area contributed by atoms with Gasteiger partial charge in [-0.1, -0.05) is 20.8 Å². The van der Waals surface area contributed by atoms with E-state index < -0.39 is 0 Å². The zero-order valence-electron chi connectivity index (χ0n) is 9.60. The SMILES string of the molecule is Cc1cc(C(C)(C)C)cc(C)[n+]1C. The minimum absolute atomic E-state index is 0.254. The van der Waals surface area contributed by atoms with Gasteiger partial charge in [0, 0.05) is 26.0 Å². The average molecular weight is 178 g/mol. The highest BCUT2D eigenvalue weighted by molar-refractivity contribution is 5.23. The highest BCUT2D eigenvalue weighted by Gasteiger charge is 2.18. The van der Waals surface area contributed by atoms with Crippen LogP contribution in [0.1, 0.15) is 37.7 Å². The molecule has 0 fully saturated rings. The summed E-state index contributed by atoms with van der Waals surface area (Å²) in [6, 6.07) is 4.54. The molecule has 1 aromatic rings. The summed E-state index contributed by atoms with van der Waals surface area (Å²) in [5.74, 6) is 0. The van der Waals surface area contributed by atoms with E-state index in [-0.39, 0.29) is 5.41 Å². The molecular formula is C12H20N+. The first-order valence-corrected chi connectivity index (χ1v) is 4.80. The van der Waals surface area contributed by atoms with Crippen LogP contribution in [0.4, 0.5) is 0 Å². The van der Waals surface area contributed by atoms with Crippen molar-refractivity contribution in [3.63, 3.8) is 0 Å². The Morgan fingerprint density at radius 1 is 1.00 bits per heavy atom. The lowest BCUT2D eigenvalue weighted by atomic mass is 9.87. The summed E-state index contributed by atoms with van der Waals surface area (Å²) in [5.41, 5.74) is 4.32. The Labute approximate surface area is 81.4 Å². The van der Waals surface area contributed by atoms with Gasteiger partial charge in [-0.3, -0.25) is 0 Å². The Balaban J connectivity index is 3.29. The Morgan fingerprint density at radius 3 is 1.69 bits per heavy atom. The molecule has 0 unspecified atom stereocenters. The third-order valence-corrected chi connectivity index (χ3v) is 2.65. The standard InChI is InChI=1S/C12H20N/c1-9-7-11(12(3,4)5)8-10(2)13(9)6/h7-8H,1-6H3/q+1. The molecule has 0 aromatic carbocycles. The second-order valence-electron chi connectivity index (χ2n) is 4.84. The molecule has 1 heteroatoms. The maximum absolute atomic E-state index is 2.27. The largest absolute Gasteiger partial charge is 0.203 e. The predicted octanol–water partition coefficient (Wildman–Crippen LogP) is 2.43. The van der Waals surface area contributed by atoms with Crippen molar-refractivity contribution >= 4 is 0 Å². The van der Waals surface area contributed by atoms with Gasteiger partial charge in [-0.15, -0.1) is 0 Å². The molecule has 1 heterocycles. The minimum atomic E-state index is 0.254. The van der Waals surface area contributed by atoms with Gasteiger partial charge in [0.15, 0.2) is 11.4 Å². The summed E-state index contributed by atoms with van der Waals surface area (Å²) >= 11 is 0. The quantitative estimate of drug-likeness (QED) is 0.537.